The zero-order chi connectivity index (χ0) is 13.5. The second-order valence-electron chi connectivity index (χ2n) is 4.46. The van der Waals surface area contributed by atoms with Gasteiger partial charge in [0, 0.05) is 5.56 Å². The summed E-state index contributed by atoms with van der Waals surface area (Å²) in [5.74, 6) is -0.917. The van der Waals surface area contributed by atoms with Crippen molar-refractivity contribution in [3.8, 4) is 0 Å². The van der Waals surface area contributed by atoms with Crippen molar-refractivity contribution in [2.75, 3.05) is 0 Å². The summed E-state index contributed by atoms with van der Waals surface area (Å²) < 4.78 is 27.1. The summed E-state index contributed by atoms with van der Waals surface area (Å²) in [4.78, 5) is 0. The third kappa shape index (κ3) is 4.85. The van der Waals surface area contributed by atoms with Gasteiger partial charge in [-0.05, 0) is 34.5 Å². The number of alkyl halides is 1. The molecule has 0 saturated heterocycles. The molecule has 1 rings (SSSR count). The first kappa shape index (κ1) is 15.9. The Morgan fingerprint density at radius 3 is 2.44 bits per heavy atom. The van der Waals surface area contributed by atoms with Gasteiger partial charge in [0.25, 0.3) is 0 Å². The van der Waals surface area contributed by atoms with Crippen molar-refractivity contribution in [2.45, 2.75) is 50.8 Å². The van der Waals surface area contributed by atoms with Crippen molar-refractivity contribution in [3.05, 3.63) is 33.8 Å². The Kier molecular flexibility index (Phi) is 7.16. The monoisotopic (exact) mass is 338 g/mol. The van der Waals surface area contributed by atoms with E-state index in [4.69, 9.17) is 11.6 Å². The van der Waals surface area contributed by atoms with Gasteiger partial charge in [-0.1, -0.05) is 39.0 Å². The average molecular weight is 340 g/mol. The minimum absolute atomic E-state index is 0.135. The van der Waals surface area contributed by atoms with Crippen LogP contribution in [0.4, 0.5) is 8.78 Å². The van der Waals surface area contributed by atoms with Crippen LogP contribution >= 0.6 is 27.5 Å². The molecule has 0 spiro atoms. The van der Waals surface area contributed by atoms with Crippen LogP contribution in [0.3, 0.4) is 0 Å². The van der Waals surface area contributed by atoms with Crippen LogP contribution in [0.5, 0.6) is 0 Å². The summed E-state index contributed by atoms with van der Waals surface area (Å²) >= 11 is 9.08. The molecule has 0 aliphatic carbocycles. The van der Waals surface area contributed by atoms with Crippen LogP contribution in [0.1, 0.15) is 56.4 Å². The van der Waals surface area contributed by atoms with E-state index >= 15 is 0 Å². The quantitative estimate of drug-likeness (QED) is 0.308. The standard InChI is InChI=1S/C14H18BrClF2/c1-2-3-4-5-6-7-12(16)10-8-14(18)11(15)9-13(10)17/h8-9,12H,2-7H2,1H3. The van der Waals surface area contributed by atoms with Crippen LogP contribution in [-0.4, -0.2) is 0 Å². The second kappa shape index (κ2) is 8.11. The van der Waals surface area contributed by atoms with Crippen LogP contribution in [0, 0.1) is 11.6 Å². The van der Waals surface area contributed by atoms with E-state index in [-0.39, 0.29) is 10.0 Å². The van der Waals surface area contributed by atoms with Crippen molar-refractivity contribution in [2.24, 2.45) is 0 Å². The lowest BCUT2D eigenvalue weighted by Gasteiger charge is -2.11. The van der Waals surface area contributed by atoms with Crippen LogP contribution in [-0.2, 0) is 0 Å². The van der Waals surface area contributed by atoms with Gasteiger partial charge in [-0.15, -0.1) is 11.6 Å². The van der Waals surface area contributed by atoms with E-state index in [1.165, 1.54) is 25.3 Å². The summed E-state index contributed by atoms with van der Waals surface area (Å²) in [6.45, 7) is 2.16. The van der Waals surface area contributed by atoms with Gasteiger partial charge in [-0.2, -0.15) is 0 Å². The number of unbranched alkanes of at least 4 members (excludes halogenated alkanes) is 4. The van der Waals surface area contributed by atoms with Crippen molar-refractivity contribution in [1.29, 1.82) is 0 Å². The fourth-order valence-electron chi connectivity index (χ4n) is 1.86. The number of hydrogen-bond acceptors (Lipinski definition) is 0. The zero-order valence-electron chi connectivity index (χ0n) is 10.5. The third-order valence-corrected chi connectivity index (χ3v) is 4.00. The molecule has 0 amide bonds. The van der Waals surface area contributed by atoms with Crippen LogP contribution in [0.15, 0.2) is 16.6 Å². The largest absolute Gasteiger partial charge is 0.207 e. The highest BCUT2D eigenvalue weighted by Gasteiger charge is 2.15. The van der Waals surface area contributed by atoms with Gasteiger partial charge in [-0.3, -0.25) is 0 Å². The topological polar surface area (TPSA) is 0 Å². The average Bonchev–Trinajstić information content (AvgIpc) is 2.33. The van der Waals surface area contributed by atoms with E-state index < -0.39 is 17.0 Å². The Hall–Kier alpha value is -0.150. The third-order valence-electron chi connectivity index (χ3n) is 2.94. The Balaban J connectivity index is 2.51. The molecule has 0 nitrogen and oxygen atoms in total. The molecule has 0 aromatic heterocycles. The lowest BCUT2D eigenvalue weighted by molar-refractivity contribution is 0.558. The fraction of sp³-hybridized carbons (Fsp3) is 0.571. The Bertz CT molecular complexity index is 382. The van der Waals surface area contributed by atoms with E-state index in [1.54, 1.807) is 0 Å². The van der Waals surface area contributed by atoms with E-state index in [9.17, 15) is 8.78 Å². The number of hydrogen-bond donors (Lipinski definition) is 0. The second-order valence-corrected chi connectivity index (χ2v) is 5.84. The van der Waals surface area contributed by atoms with Gasteiger partial charge in [0.1, 0.15) is 11.6 Å². The SMILES string of the molecule is CCCCCCCC(Cl)c1cc(F)c(Br)cc1F. The molecule has 1 unspecified atom stereocenters. The molecule has 0 aliphatic rings. The lowest BCUT2D eigenvalue weighted by atomic mass is 10.0. The summed E-state index contributed by atoms with van der Waals surface area (Å²) in [6.07, 6.45) is 6.31. The molecule has 102 valence electrons. The molecule has 0 N–H and O–H groups in total. The smallest absolute Gasteiger partial charge is 0.137 e. The summed E-state index contributed by atoms with van der Waals surface area (Å²) in [7, 11) is 0. The van der Waals surface area contributed by atoms with Crippen molar-refractivity contribution >= 4 is 27.5 Å². The minimum atomic E-state index is -0.469. The van der Waals surface area contributed by atoms with Crippen molar-refractivity contribution in [1.82, 2.24) is 0 Å². The van der Waals surface area contributed by atoms with Gasteiger partial charge in [-0.25, -0.2) is 8.78 Å². The molecule has 0 radical (unpaired) electrons. The van der Waals surface area contributed by atoms with E-state index in [0.717, 1.165) is 18.9 Å². The molecule has 1 atom stereocenters. The molecule has 0 bridgehead atoms. The maximum atomic E-state index is 13.6. The molecule has 0 fully saturated rings. The highest BCUT2D eigenvalue weighted by molar-refractivity contribution is 9.10. The molecular formula is C14H18BrClF2. The number of rotatable bonds is 7. The van der Waals surface area contributed by atoms with Gasteiger partial charge >= 0.3 is 0 Å². The van der Waals surface area contributed by atoms with E-state index in [0.29, 0.717) is 6.42 Å². The highest BCUT2D eigenvalue weighted by Crippen LogP contribution is 2.31. The summed E-state index contributed by atoms with van der Waals surface area (Å²) in [6, 6.07) is 2.32. The van der Waals surface area contributed by atoms with Crippen LogP contribution < -0.4 is 0 Å². The molecule has 0 aliphatic heterocycles. The first-order valence-electron chi connectivity index (χ1n) is 6.34. The Morgan fingerprint density at radius 2 is 1.78 bits per heavy atom. The number of halogens is 4. The maximum Gasteiger partial charge on any atom is 0.137 e. The molecule has 4 heteroatoms. The molecular weight excluding hydrogens is 322 g/mol. The van der Waals surface area contributed by atoms with Gasteiger partial charge < -0.3 is 0 Å². The minimum Gasteiger partial charge on any atom is -0.207 e. The predicted molar refractivity (Wildman–Crippen MR) is 76.0 cm³/mol. The fourth-order valence-corrected chi connectivity index (χ4v) is 2.50. The van der Waals surface area contributed by atoms with Gasteiger partial charge in [0.05, 0.1) is 9.85 Å². The van der Waals surface area contributed by atoms with Crippen LogP contribution in [0.2, 0.25) is 0 Å². The Labute approximate surface area is 121 Å². The lowest BCUT2D eigenvalue weighted by Crippen LogP contribution is -1.97. The predicted octanol–water partition coefficient (Wildman–Crippen LogP) is 6.37. The highest BCUT2D eigenvalue weighted by atomic mass is 79.9. The molecule has 1 aromatic rings. The van der Waals surface area contributed by atoms with Gasteiger partial charge in [0.15, 0.2) is 0 Å². The first-order chi connectivity index (χ1) is 8.56. The first-order valence-corrected chi connectivity index (χ1v) is 7.57. The van der Waals surface area contributed by atoms with Crippen molar-refractivity contribution < 1.29 is 8.78 Å². The summed E-state index contributed by atoms with van der Waals surface area (Å²) in [5, 5.41) is -0.450. The Morgan fingerprint density at radius 1 is 1.11 bits per heavy atom. The van der Waals surface area contributed by atoms with E-state index in [2.05, 4.69) is 22.9 Å². The van der Waals surface area contributed by atoms with Gasteiger partial charge in [0.2, 0.25) is 0 Å². The normalized spacial score (nSPS) is 12.7. The van der Waals surface area contributed by atoms with E-state index in [1.807, 2.05) is 0 Å². The molecule has 0 saturated carbocycles. The summed E-state index contributed by atoms with van der Waals surface area (Å²) in [5.41, 5.74) is 0.257. The molecule has 1 aromatic carbocycles. The molecule has 18 heavy (non-hydrogen) atoms. The number of benzene rings is 1. The maximum absolute atomic E-state index is 13.6. The van der Waals surface area contributed by atoms with Crippen LogP contribution in [0.25, 0.3) is 0 Å². The molecule has 0 heterocycles. The van der Waals surface area contributed by atoms with Crippen molar-refractivity contribution in [3.63, 3.8) is 0 Å². The zero-order valence-corrected chi connectivity index (χ0v) is 12.8.